The second-order valence-electron chi connectivity index (χ2n) is 7.10. The van der Waals surface area contributed by atoms with E-state index in [1.807, 2.05) is 88.4 Å². The van der Waals surface area contributed by atoms with Gasteiger partial charge in [0.1, 0.15) is 0 Å². The lowest BCUT2D eigenvalue weighted by atomic mass is 9.79. The molecular formula is C22H28N2O2. The van der Waals surface area contributed by atoms with Crippen LogP contribution in [0.4, 0.5) is 0 Å². The van der Waals surface area contributed by atoms with Gasteiger partial charge in [0.25, 0.3) is 0 Å². The summed E-state index contributed by atoms with van der Waals surface area (Å²) >= 11 is 0. The van der Waals surface area contributed by atoms with Crippen LogP contribution in [0.25, 0.3) is 0 Å². The van der Waals surface area contributed by atoms with Gasteiger partial charge in [-0.15, -0.1) is 0 Å². The van der Waals surface area contributed by atoms with Crippen LogP contribution in [0.3, 0.4) is 0 Å². The first-order chi connectivity index (χ1) is 12.4. The van der Waals surface area contributed by atoms with Gasteiger partial charge in [-0.2, -0.15) is 0 Å². The number of benzene rings is 2. The van der Waals surface area contributed by atoms with E-state index in [0.717, 1.165) is 11.1 Å². The van der Waals surface area contributed by atoms with Crippen molar-refractivity contribution in [2.24, 2.45) is 0 Å². The Morgan fingerprint density at radius 3 is 1.19 bits per heavy atom. The van der Waals surface area contributed by atoms with Crippen LogP contribution in [0.1, 0.15) is 50.7 Å². The van der Waals surface area contributed by atoms with Gasteiger partial charge in [-0.1, -0.05) is 60.7 Å². The van der Waals surface area contributed by atoms with E-state index in [2.05, 4.69) is 10.6 Å². The molecule has 2 aromatic rings. The summed E-state index contributed by atoms with van der Waals surface area (Å²) < 4.78 is 0. The molecule has 0 bridgehead atoms. The summed E-state index contributed by atoms with van der Waals surface area (Å²) in [7, 11) is 0. The van der Waals surface area contributed by atoms with Crippen LogP contribution in [0.2, 0.25) is 0 Å². The van der Waals surface area contributed by atoms with E-state index >= 15 is 0 Å². The molecule has 0 saturated carbocycles. The molecule has 0 aliphatic rings. The smallest absolute Gasteiger partial charge is 0.228 e. The highest BCUT2D eigenvalue weighted by Crippen LogP contribution is 2.34. The van der Waals surface area contributed by atoms with Crippen molar-refractivity contribution in [3.05, 3.63) is 71.8 Å². The maximum absolute atomic E-state index is 13.1. The largest absolute Gasteiger partial charge is 0.353 e. The van der Waals surface area contributed by atoms with Crippen LogP contribution in [-0.2, 0) is 9.59 Å². The van der Waals surface area contributed by atoms with Crippen LogP contribution in [-0.4, -0.2) is 23.9 Å². The molecule has 0 saturated heterocycles. The van der Waals surface area contributed by atoms with E-state index in [0.29, 0.717) is 0 Å². The number of hydrogen-bond acceptors (Lipinski definition) is 2. The van der Waals surface area contributed by atoms with Crippen molar-refractivity contribution in [3.63, 3.8) is 0 Å². The summed E-state index contributed by atoms with van der Waals surface area (Å²) in [5.41, 5.74) is 1.66. The minimum atomic E-state index is -0.597. The quantitative estimate of drug-likeness (QED) is 0.800. The van der Waals surface area contributed by atoms with E-state index in [4.69, 9.17) is 0 Å². The first-order valence-corrected chi connectivity index (χ1v) is 9.10. The first-order valence-electron chi connectivity index (χ1n) is 9.10. The van der Waals surface area contributed by atoms with Crippen molar-refractivity contribution in [2.45, 2.75) is 51.6 Å². The zero-order valence-electron chi connectivity index (χ0n) is 15.9. The lowest BCUT2D eigenvalue weighted by Crippen LogP contribution is -2.43. The van der Waals surface area contributed by atoms with E-state index in [1.54, 1.807) is 0 Å². The normalized spacial score (nSPS) is 13.3. The molecular weight excluding hydrogens is 324 g/mol. The Hall–Kier alpha value is -2.62. The number of amides is 2. The molecule has 0 radical (unpaired) electrons. The molecule has 2 amide bonds. The number of carbonyl (C=O) groups is 2. The van der Waals surface area contributed by atoms with E-state index < -0.39 is 11.8 Å². The van der Waals surface area contributed by atoms with Crippen LogP contribution in [0.15, 0.2) is 60.7 Å². The molecule has 0 aliphatic heterocycles. The molecule has 0 spiro atoms. The molecule has 0 aliphatic carbocycles. The monoisotopic (exact) mass is 352 g/mol. The molecule has 2 unspecified atom stereocenters. The lowest BCUT2D eigenvalue weighted by Gasteiger charge is -2.28. The number of carbonyl (C=O) groups excluding carboxylic acids is 2. The fraction of sp³-hybridized carbons (Fsp3) is 0.364. The maximum Gasteiger partial charge on any atom is 0.228 e. The van der Waals surface area contributed by atoms with Crippen molar-refractivity contribution in [2.75, 3.05) is 0 Å². The zero-order chi connectivity index (χ0) is 19.1. The Balaban J connectivity index is 2.53. The number of nitrogens with one attached hydrogen (secondary N) is 2. The van der Waals surface area contributed by atoms with E-state index in [9.17, 15) is 9.59 Å². The molecule has 2 aromatic carbocycles. The van der Waals surface area contributed by atoms with Gasteiger partial charge in [0.2, 0.25) is 11.8 Å². The first kappa shape index (κ1) is 19.7. The van der Waals surface area contributed by atoms with Crippen LogP contribution >= 0.6 is 0 Å². The van der Waals surface area contributed by atoms with Gasteiger partial charge >= 0.3 is 0 Å². The summed E-state index contributed by atoms with van der Waals surface area (Å²) in [4.78, 5) is 26.1. The third kappa shape index (κ3) is 5.19. The van der Waals surface area contributed by atoms with Crippen molar-refractivity contribution in [3.8, 4) is 0 Å². The number of hydrogen-bond donors (Lipinski definition) is 2. The van der Waals surface area contributed by atoms with E-state index in [-0.39, 0.29) is 23.9 Å². The van der Waals surface area contributed by atoms with Gasteiger partial charge in [-0.3, -0.25) is 9.59 Å². The minimum Gasteiger partial charge on any atom is -0.353 e. The predicted molar refractivity (Wildman–Crippen MR) is 105 cm³/mol. The average molecular weight is 352 g/mol. The maximum atomic E-state index is 13.1. The summed E-state index contributed by atoms with van der Waals surface area (Å²) in [5.74, 6) is -1.47. The topological polar surface area (TPSA) is 58.2 Å². The SMILES string of the molecule is CC(C)NC(=O)C(c1ccccc1)C(C(=O)NC(C)C)c1ccccc1. The second-order valence-corrected chi connectivity index (χ2v) is 7.10. The van der Waals surface area contributed by atoms with Crippen LogP contribution < -0.4 is 10.6 Å². The van der Waals surface area contributed by atoms with Gasteiger partial charge in [0.15, 0.2) is 0 Å². The average Bonchev–Trinajstić information content (AvgIpc) is 2.59. The molecule has 0 fully saturated rings. The number of rotatable bonds is 7. The Kier molecular flexibility index (Phi) is 6.96. The third-order valence-corrected chi connectivity index (χ3v) is 4.08. The van der Waals surface area contributed by atoms with Gasteiger partial charge < -0.3 is 10.6 Å². The Bertz CT molecular complexity index is 648. The molecule has 26 heavy (non-hydrogen) atoms. The highest BCUT2D eigenvalue weighted by molar-refractivity contribution is 5.95. The third-order valence-electron chi connectivity index (χ3n) is 4.08. The highest BCUT2D eigenvalue weighted by Gasteiger charge is 2.36. The fourth-order valence-corrected chi connectivity index (χ4v) is 3.06. The lowest BCUT2D eigenvalue weighted by molar-refractivity contribution is -0.130. The molecule has 4 heteroatoms. The summed E-state index contributed by atoms with van der Waals surface area (Å²) in [6, 6.07) is 19.0. The van der Waals surface area contributed by atoms with Crippen molar-refractivity contribution < 1.29 is 9.59 Å². The van der Waals surface area contributed by atoms with Crippen molar-refractivity contribution >= 4 is 11.8 Å². The molecule has 0 aromatic heterocycles. The standard InChI is InChI=1S/C22H28N2O2/c1-15(2)23-21(25)19(17-11-7-5-8-12-17)20(22(26)24-16(3)4)18-13-9-6-10-14-18/h5-16,19-20H,1-4H3,(H,23,25)(H,24,26). The van der Waals surface area contributed by atoms with Gasteiger partial charge in [0.05, 0.1) is 11.8 Å². The Labute approximate surface area is 156 Å². The molecule has 138 valence electrons. The van der Waals surface area contributed by atoms with Crippen LogP contribution in [0, 0.1) is 0 Å². The Morgan fingerprint density at radius 1 is 0.615 bits per heavy atom. The van der Waals surface area contributed by atoms with Gasteiger partial charge in [-0.05, 0) is 38.8 Å². The van der Waals surface area contributed by atoms with Crippen LogP contribution in [0.5, 0.6) is 0 Å². The summed E-state index contributed by atoms with van der Waals surface area (Å²) in [5, 5.41) is 5.96. The highest BCUT2D eigenvalue weighted by atomic mass is 16.2. The second kappa shape index (κ2) is 9.18. The molecule has 2 rings (SSSR count). The summed E-state index contributed by atoms with van der Waals surface area (Å²) in [6.07, 6.45) is 0. The van der Waals surface area contributed by atoms with Gasteiger partial charge in [0, 0.05) is 12.1 Å². The van der Waals surface area contributed by atoms with Gasteiger partial charge in [-0.25, -0.2) is 0 Å². The van der Waals surface area contributed by atoms with Crippen molar-refractivity contribution in [1.29, 1.82) is 0 Å². The Morgan fingerprint density at radius 2 is 0.923 bits per heavy atom. The molecule has 0 heterocycles. The van der Waals surface area contributed by atoms with E-state index in [1.165, 1.54) is 0 Å². The molecule has 4 nitrogen and oxygen atoms in total. The summed E-state index contributed by atoms with van der Waals surface area (Å²) in [6.45, 7) is 7.69. The fourth-order valence-electron chi connectivity index (χ4n) is 3.06. The zero-order valence-corrected chi connectivity index (χ0v) is 15.9. The molecule has 2 N–H and O–H groups in total. The molecule has 2 atom stereocenters. The predicted octanol–water partition coefficient (Wildman–Crippen LogP) is 3.60. The van der Waals surface area contributed by atoms with Crippen molar-refractivity contribution in [1.82, 2.24) is 10.6 Å². The minimum absolute atomic E-state index is 0.00158.